The molecule has 18 heavy (non-hydrogen) atoms. The van der Waals surface area contributed by atoms with Crippen LogP contribution in [-0.2, 0) is 4.79 Å². The number of hydrogen-bond acceptors (Lipinski definition) is 2. The Kier molecular flexibility index (Phi) is 5.59. The van der Waals surface area contributed by atoms with Crippen LogP contribution in [0.15, 0.2) is 30.5 Å². The number of nitrogens with zero attached hydrogens (tertiary/aromatic N) is 1. The van der Waals surface area contributed by atoms with Crippen molar-refractivity contribution < 1.29 is 4.79 Å². The zero-order chi connectivity index (χ0) is 13.5. The molecule has 0 radical (unpaired) electrons. The molecule has 1 amide bonds. The van der Waals surface area contributed by atoms with Crippen molar-refractivity contribution >= 4 is 34.1 Å². The summed E-state index contributed by atoms with van der Waals surface area (Å²) in [5, 5.41) is 4.10. The molecule has 2 rings (SSSR count). The van der Waals surface area contributed by atoms with Crippen LogP contribution in [0.3, 0.4) is 0 Å². The van der Waals surface area contributed by atoms with E-state index in [0.29, 0.717) is 17.1 Å². The molecule has 0 aliphatic carbocycles. The largest absolute Gasteiger partial charge is 0.323 e. The molecule has 0 aliphatic heterocycles. The quantitative estimate of drug-likeness (QED) is 0.880. The second kappa shape index (κ2) is 6.97. The molecule has 96 valence electrons. The number of fused-ring (bicyclic) bond motifs is 1. The number of benzene rings is 1. The standard InChI is InChI=1S/C12H11ClN2O.C2H6/c1-2-11(16)15-10-7-14-9-6-4-3-5-8(9)12(10)13;1-2/h3-7H,2H2,1H3,(H,15,16);1-2H3. The first-order chi connectivity index (χ1) is 8.72. The van der Waals surface area contributed by atoms with E-state index in [1.54, 1.807) is 13.1 Å². The summed E-state index contributed by atoms with van der Waals surface area (Å²) in [6.07, 6.45) is 2.00. The second-order valence-corrected chi connectivity index (χ2v) is 3.78. The van der Waals surface area contributed by atoms with Gasteiger partial charge in [0.1, 0.15) is 0 Å². The normalized spacial score (nSPS) is 9.56. The van der Waals surface area contributed by atoms with Crippen molar-refractivity contribution in [2.75, 3.05) is 5.32 Å². The van der Waals surface area contributed by atoms with Gasteiger partial charge in [-0.05, 0) is 6.07 Å². The van der Waals surface area contributed by atoms with Gasteiger partial charge in [-0.25, -0.2) is 0 Å². The highest BCUT2D eigenvalue weighted by atomic mass is 35.5. The maximum atomic E-state index is 11.3. The number of rotatable bonds is 2. The molecule has 0 bridgehead atoms. The molecule has 1 N–H and O–H groups in total. The van der Waals surface area contributed by atoms with Gasteiger partial charge in [-0.1, -0.05) is 50.6 Å². The van der Waals surface area contributed by atoms with Gasteiger partial charge in [0.25, 0.3) is 0 Å². The summed E-state index contributed by atoms with van der Waals surface area (Å²) >= 11 is 6.19. The molecular formula is C14H17ClN2O. The van der Waals surface area contributed by atoms with E-state index in [2.05, 4.69) is 10.3 Å². The lowest BCUT2D eigenvalue weighted by molar-refractivity contribution is -0.115. The van der Waals surface area contributed by atoms with Crippen LogP contribution >= 0.6 is 11.6 Å². The van der Waals surface area contributed by atoms with Crippen LogP contribution in [0.1, 0.15) is 27.2 Å². The highest BCUT2D eigenvalue weighted by Gasteiger charge is 2.08. The molecule has 0 saturated carbocycles. The summed E-state index contributed by atoms with van der Waals surface area (Å²) in [5.41, 5.74) is 1.38. The number of hydrogen-bond donors (Lipinski definition) is 1. The molecule has 2 aromatic rings. The lowest BCUT2D eigenvalue weighted by atomic mass is 10.2. The van der Waals surface area contributed by atoms with Crippen molar-refractivity contribution in [3.05, 3.63) is 35.5 Å². The number of carbonyl (C=O) groups excluding carboxylic acids is 1. The maximum absolute atomic E-state index is 11.3. The number of anilines is 1. The van der Waals surface area contributed by atoms with E-state index in [1.807, 2.05) is 38.1 Å². The van der Waals surface area contributed by atoms with Gasteiger partial charge in [-0.2, -0.15) is 0 Å². The summed E-state index contributed by atoms with van der Waals surface area (Å²) in [6, 6.07) is 7.55. The van der Waals surface area contributed by atoms with Gasteiger partial charge in [-0.3, -0.25) is 9.78 Å². The van der Waals surface area contributed by atoms with Crippen molar-refractivity contribution in [2.24, 2.45) is 0 Å². The summed E-state index contributed by atoms with van der Waals surface area (Å²) in [4.78, 5) is 15.5. The van der Waals surface area contributed by atoms with Crippen LogP contribution in [0.4, 0.5) is 5.69 Å². The third kappa shape index (κ3) is 3.20. The summed E-state index contributed by atoms with van der Waals surface area (Å²) in [5.74, 6) is -0.0704. The van der Waals surface area contributed by atoms with E-state index < -0.39 is 0 Å². The van der Waals surface area contributed by atoms with Crippen LogP contribution in [-0.4, -0.2) is 10.9 Å². The van der Waals surface area contributed by atoms with Crippen molar-refractivity contribution in [2.45, 2.75) is 27.2 Å². The molecular weight excluding hydrogens is 248 g/mol. The van der Waals surface area contributed by atoms with Crippen molar-refractivity contribution in [1.82, 2.24) is 4.98 Å². The molecule has 0 spiro atoms. The third-order valence-corrected chi connectivity index (χ3v) is 2.71. The predicted molar refractivity (Wildman–Crippen MR) is 77.0 cm³/mol. The van der Waals surface area contributed by atoms with Gasteiger partial charge < -0.3 is 5.32 Å². The number of amides is 1. The first-order valence-electron chi connectivity index (χ1n) is 6.05. The number of para-hydroxylation sites is 1. The minimum Gasteiger partial charge on any atom is -0.323 e. The summed E-state index contributed by atoms with van der Waals surface area (Å²) in [7, 11) is 0. The Labute approximate surface area is 112 Å². The first-order valence-corrected chi connectivity index (χ1v) is 6.43. The molecule has 0 fully saturated rings. The Hall–Kier alpha value is -1.61. The van der Waals surface area contributed by atoms with Gasteiger partial charge in [0.2, 0.25) is 5.91 Å². The second-order valence-electron chi connectivity index (χ2n) is 3.40. The van der Waals surface area contributed by atoms with Gasteiger partial charge >= 0.3 is 0 Å². The van der Waals surface area contributed by atoms with Crippen molar-refractivity contribution in [1.29, 1.82) is 0 Å². The molecule has 1 aromatic carbocycles. The van der Waals surface area contributed by atoms with Crippen LogP contribution in [0, 0.1) is 0 Å². The zero-order valence-electron chi connectivity index (χ0n) is 10.8. The fourth-order valence-electron chi connectivity index (χ4n) is 1.43. The Balaban J connectivity index is 0.000000771. The van der Waals surface area contributed by atoms with E-state index >= 15 is 0 Å². The van der Waals surface area contributed by atoms with Crippen molar-refractivity contribution in [3.63, 3.8) is 0 Å². The lowest BCUT2D eigenvalue weighted by Gasteiger charge is -2.07. The van der Waals surface area contributed by atoms with E-state index in [9.17, 15) is 4.79 Å². The van der Waals surface area contributed by atoms with Gasteiger partial charge in [0.15, 0.2) is 0 Å². The Bertz CT molecular complexity index is 540. The minimum atomic E-state index is -0.0704. The third-order valence-electron chi connectivity index (χ3n) is 2.30. The Morgan fingerprint density at radius 2 is 2.00 bits per heavy atom. The monoisotopic (exact) mass is 264 g/mol. The fourth-order valence-corrected chi connectivity index (χ4v) is 1.69. The van der Waals surface area contributed by atoms with Crippen LogP contribution in [0.2, 0.25) is 5.02 Å². The molecule has 0 unspecified atom stereocenters. The van der Waals surface area contributed by atoms with E-state index in [4.69, 9.17) is 11.6 Å². The number of nitrogens with one attached hydrogen (secondary N) is 1. The molecule has 1 aromatic heterocycles. The number of halogens is 1. The maximum Gasteiger partial charge on any atom is 0.224 e. The highest BCUT2D eigenvalue weighted by Crippen LogP contribution is 2.29. The zero-order valence-corrected chi connectivity index (χ0v) is 11.6. The van der Waals surface area contributed by atoms with Gasteiger partial charge in [0, 0.05) is 11.8 Å². The molecule has 3 nitrogen and oxygen atoms in total. The van der Waals surface area contributed by atoms with E-state index in [0.717, 1.165) is 10.9 Å². The van der Waals surface area contributed by atoms with Crippen molar-refractivity contribution in [3.8, 4) is 0 Å². The molecule has 0 aliphatic rings. The van der Waals surface area contributed by atoms with Gasteiger partial charge in [0.05, 0.1) is 22.4 Å². The first kappa shape index (κ1) is 14.5. The number of pyridine rings is 1. The highest BCUT2D eigenvalue weighted by molar-refractivity contribution is 6.38. The molecule has 0 atom stereocenters. The number of aromatic nitrogens is 1. The summed E-state index contributed by atoms with van der Waals surface area (Å²) < 4.78 is 0. The van der Waals surface area contributed by atoms with Crippen LogP contribution in [0.5, 0.6) is 0 Å². The number of carbonyl (C=O) groups is 1. The Morgan fingerprint density at radius 1 is 1.33 bits per heavy atom. The Morgan fingerprint density at radius 3 is 2.67 bits per heavy atom. The molecule has 0 saturated heterocycles. The molecule has 4 heteroatoms. The smallest absolute Gasteiger partial charge is 0.224 e. The van der Waals surface area contributed by atoms with E-state index in [-0.39, 0.29) is 5.91 Å². The molecule has 1 heterocycles. The average molecular weight is 265 g/mol. The van der Waals surface area contributed by atoms with E-state index in [1.165, 1.54) is 0 Å². The van der Waals surface area contributed by atoms with Crippen LogP contribution < -0.4 is 5.32 Å². The minimum absolute atomic E-state index is 0.0704. The fraction of sp³-hybridized carbons (Fsp3) is 0.286. The van der Waals surface area contributed by atoms with Gasteiger partial charge in [-0.15, -0.1) is 0 Å². The predicted octanol–water partition coefficient (Wildman–Crippen LogP) is 4.26. The van der Waals surface area contributed by atoms with Crippen LogP contribution in [0.25, 0.3) is 10.9 Å². The lowest BCUT2D eigenvalue weighted by Crippen LogP contribution is -2.10. The SMILES string of the molecule is CC.CCC(=O)Nc1cnc2ccccc2c1Cl. The topological polar surface area (TPSA) is 42.0 Å². The average Bonchev–Trinajstić information content (AvgIpc) is 2.44. The summed E-state index contributed by atoms with van der Waals surface area (Å²) in [6.45, 7) is 5.79.